The van der Waals surface area contributed by atoms with Crippen LogP contribution in [-0.4, -0.2) is 15.8 Å². The van der Waals surface area contributed by atoms with Gasteiger partial charge in [-0.2, -0.15) is 0 Å². The van der Waals surface area contributed by atoms with Gasteiger partial charge in [-0.3, -0.25) is 4.79 Å². The number of halogens is 1. The molecule has 0 radical (unpaired) electrons. The summed E-state index contributed by atoms with van der Waals surface area (Å²) >= 11 is 5.98. The van der Waals surface area contributed by atoms with Crippen LogP contribution in [-0.2, 0) is 6.42 Å². The van der Waals surface area contributed by atoms with Gasteiger partial charge in [0, 0.05) is 30.1 Å². The van der Waals surface area contributed by atoms with E-state index in [0.717, 1.165) is 24.2 Å². The number of rotatable bonds is 3. The highest BCUT2D eigenvalue weighted by atomic mass is 35.5. The highest BCUT2D eigenvalue weighted by molar-refractivity contribution is 6.33. The summed E-state index contributed by atoms with van der Waals surface area (Å²) in [6, 6.07) is 5.34. The SMILES string of the molecule is CCc1nccn1-c1ccc(C=O)c(Cl)c1. The number of nitrogens with zero attached hydrogens (tertiary/aromatic N) is 2. The predicted octanol–water partition coefficient (Wildman–Crippen LogP) is 2.90. The quantitative estimate of drug-likeness (QED) is 0.766. The summed E-state index contributed by atoms with van der Waals surface area (Å²) in [5.41, 5.74) is 1.42. The first kappa shape index (κ1) is 10.9. The Kier molecular flexibility index (Phi) is 3.06. The molecule has 0 spiro atoms. The van der Waals surface area contributed by atoms with E-state index in [-0.39, 0.29) is 0 Å². The summed E-state index contributed by atoms with van der Waals surface area (Å²) in [6.45, 7) is 2.04. The molecule has 1 heterocycles. The van der Waals surface area contributed by atoms with Gasteiger partial charge in [0.15, 0.2) is 6.29 Å². The van der Waals surface area contributed by atoms with Gasteiger partial charge >= 0.3 is 0 Å². The monoisotopic (exact) mass is 234 g/mol. The molecule has 2 aromatic rings. The first-order valence-corrected chi connectivity index (χ1v) is 5.41. The van der Waals surface area contributed by atoms with Gasteiger partial charge in [-0.1, -0.05) is 18.5 Å². The van der Waals surface area contributed by atoms with Crippen molar-refractivity contribution in [3.05, 3.63) is 47.0 Å². The molecule has 0 amide bonds. The van der Waals surface area contributed by atoms with Crippen LogP contribution in [0, 0.1) is 0 Å². The molecular formula is C12H11ClN2O. The number of benzene rings is 1. The average Bonchev–Trinajstić information content (AvgIpc) is 2.77. The number of imidazole rings is 1. The maximum atomic E-state index is 10.6. The molecule has 0 saturated carbocycles. The maximum Gasteiger partial charge on any atom is 0.151 e. The minimum absolute atomic E-state index is 0.461. The van der Waals surface area contributed by atoms with Crippen LogP contribution in [0.25, 0.3) is 5.69 Å². The normalized spacial score (nSPS) is 10.4. The van der Waals surface area contributed by atoms with Gasteiger partial charge in [-0.15, -0.1) is 0 Å². The predicted molar refractivity (Wildman–Crippen MR) is 63.3 cm³/mol. The van der Waals surface area contributed by atoms with Crippen molar-refractivity contribution in [1.29, 1.82) is 0 Å². The zero-order valence-corrected chi connectivity index (χ0v) is 9.61. The Hall–Kier alpha value is -1.61. The number of aromatic nitrogens is 2. The minimum Gasteiger partial charge on any atom is -0.304 e. The van der Waals surface area contributed by atoms with Crippen LogP contribution < -0.4 is 0 Å². The smallest absolute Gasteiger partial charge is 0.151 e. The van der Waals surface area contributed by atoms with Gasteiger partial charge in [-0.05, 0) is 18.2 Å². The Balaban J connectivity index is 2.49. The van der Waals surface area contributed by atoms with Gasteiger partial charge in [0.25, 0.3) is 0 Å². The molecule has 2 rings (SSSR count). The summed E-state index contributed by atoms with van der Waals surface area (Å²) < 4.78 is 1.96. The average molecular weight is 235 g/mol. The molecule has 1 aromatic carbocycles. The Morgan fingerprint density at radius 1 is 1.50 bits per heavy atom. The fourth-order valence-electron chi connectivity index (χ4n) is 1.59. The molecule has 0 saturated heterocycles. The molecule has 0 unspecified atom stereocenters. The number of aryl methyl sites for hydroxylation is 1. The summed E-state index contributed by atoms with van der Waals surface area (Å²) in [5, 5.41) is 0.461. The zero-order valence-electron chi connectivity index (χ0n) is 8.85. The third kappa shape index (κ3) is 1.86. The first-order valence-electron chi connectivity index (χ1n) is 5.03. The molecule has 16 heavy (non-hydrogen) atoms. The summed E-state index contributed by atoms with van der Waals surface area (Å²) in [6.07, 6.45) is 5.23. The second-order valence-electron chi connectivity index (χ2n) is 3.39. The van der Waals surface area contributed by atoms with Gasteiger partial charge < -0.3 is 4.57 Å². The first-order chi connectivity index (χ1) is 7.76. The van der Waals surface area contributed by atoms with Crippen molar-refractivity contribution in [3.63, 3.8) is 0 Å². The lowest BCUT2D eigenvalue weighted by Gasteiger charge is -2.07. The van der Waals surface area contributed by atoms with E-state index in [0.29, 0.717) is 10.6 Å². The van der Waals surface area contributed by atoms with E-state index < -0.39 is 0 Å². The van der Waals surface area contributed by atoms with E-state index in [1.165, 1.54) is 0 Å². The van der Waals surface area contributed by atoms with Gasteiger partial charge in [-0.25, -0.2) is 4.98 Å². The van der Waals surface area contributed by atoms with E-state index in [9.17, 15) is 4.79 Å². The third-order valence-corrected chi connectivity index (χ3v) is 2.75. The van der Waals surface area contributed by atoms with Gasteiger partial charge in [0.05, 0.1) is 5.02 Å². The Morgan fingerprint density at radius 3 is 2.94 bits per heavy atom. The van der Waals surface area contributed by atoms with Crippen LogP contribution in [0.3, 0.4) is 0 Å². The number of aldehydes is 1. The molecular weight excluding hydrogens is 224 g/mol. The lowest BCUT2D eigenvalue weighted by molar-refractivity contribution is 0.112. The Labute approximate surface area is 98.7 Å². The summed E-state index contributed by atoms with van der Waals surface area (Å²) in [7, 11) is 0. The van der Waals surface area contributed by atoms with Gasteiger partial charge in [0.1, 0.15) is 5.82 Å². The van der Waals surface area contributed by atoms with Crippen LogP contribution in [0.2, 0.25) is 5.02 Å². The van der Waals surface area contributed by atoms with Crippen molar-refractivity contribution in [2.45, 2.75) is 13.3 Å². The van der Waals surface area contributed by atoms with Crippen molar-refractivity contribution in [1.82, 2.24) is 9.55 Å². The van der Waals surface area contributed by atoms with Crippen molar-refractivity contribution < 1.29 is 4.79 Å². The van der Waals surface area contributed by atoms with E-state index in [2.05, 4.69) is 4.98 Å². The van der Waals surface area contributed by atoms with Crippen LogP contribution >= 0.6 is 11.6 Å². The molecule has 82 valence electrons. The Morgan fingerprint density at radius 2 is 2.31 bits per heavy atom. The minimum atomic E-state index is 0.461. The maximum absolute atomic E-state index is 10.6. The topological polar surface area (TPSA) is 34.9 Å². The molecule has 0 bridgehead atoms. The van der Waals surface area contributed by atoms with Crippen LogP contribution in [0.15, 0.2) is 30.6 Å². The molecule has 0 aliphatic heterocycles. The zero-order chi connectivity index (χ0) is 11.5. The number of carbonyl (C=O) groups is 1. The lowest BCUT2D eigenvalue weighted by Crippen LogP contribution is -1.99. The number of carbonyl (C=O) groups excluding carboxylic acids is 1. The van der Waals surface area contributed by atoms with E-state index in [1.54, 1.807) is 18.3 Å². The van der Waals surface area contributed by atoms with E-state index in [1.807, 2.05) is 23.8 Å². The van der Waals surface area contributed by atoms with Crippen molar-refractivity contribution >= 4 is 17.9 Å². The van der Waals surface area contributed by atoms with Crippen LogP contribution in [0.4, 0.5) is 0 Å². The lowest BCUT2D eigenvalue weighted by atomic mass is 10.2. The van der Waals surface area contributed by atoms with Gasteiger partial charge in [0.2, 0.25) is 0 Å². The molecule has 1 aromatic heterocycles. The third-order valence-electron chi connectivity index (χ3n) is 2.42. The van der Waals surface area contributed by atoms with Crippen molar-refractivity contribution in [2.24, 2.45) is 0 Å². The van der Waals surface area contributed by atoms with Crippen molar-refractivity contribution in [2.75, 3.05) is 0 Å². The summed E-state index contributed by atoms with van der Waals surface area (Å²) in [5.74, 6) is 0.968. The molecule has 0 aliphatic rings. The Bertz CT molecular complexity index is 519. The highest BCUT2D eigenvalue weighted by Crippen LogP contribution is 2.20. The molecule has 0 aliphatic carbocycles. The summed E-state index contributed by atoms with van der Waals surface area (Å²) in [4.78, 5) is 14.9. The van der Waals surface area contributed by atoms with E-state index >= 15 is 0 Å². The highest BCUT2D eigenvalue weighted by Gasteiger charge is 2.05. The fourth-order valence-corrected chi connectivity index (χ4v) is 1.81. The number of hydrogen-bond acceptors (Lipinski definition) is 2. The second-order valence-corrected chi connectivity index (χ2v) is 3.80. The van der Waals surface area contributed by atoms with E-state index in [4.69, 9.17) is 11.6 Å². The molecule has 0 atom stereocenters. The number of hydrogen-bond donors (Lipinski definition) is 0. The second kappa shape index (κ2) is 4.49. The van der Waals surface area contributed by atoms with Crippen LogP contribution in [0.5, 0.6) is 0 Å². The van der Waals surface area contributed by atoms with Crippen molar-refractivity contribution in [3.8, 4) is 5.69 Å². The standard InChI is InChI=1S/C12H11ClN2O/c1-2-12-14-5-6-15(12)10-4-3-9(8-16)11(13)7-10/h3-8H,2H2,1H3. The molecule has 0 fully saturated rings. The molecule has 3 nitrogen and oxygen atoms in total. The largest absolute Gasteiger partial charge is 0.304 e. The molecule has 4 heteroatoms. The molecule has 0 N–H and O–H groups in total. The fraction of sp³-hybridized carbons (Fsp3) is 0.167. The van der Waals surface area contributed by atoms with Crippen LogP contribution in [0.1, 0.15) is 23.1 Å².